The minimum atomic E-state index is -0.305. The summed E-state index contributed by atoms with van der Waals surface area (Å²) in [6.07, 6.45) is 2.82. The van der Waals surface area contributed by atoms with Crippen molar-refractivity contribution in [3.05, 3.63) is 106 Å². The van der Waals surface area contributed by atoms with Crippen LogP contribution < -0.4 is 0 Å². The fourth-order valence-electron chi connectivity index (χ4n) is 3.54. The van der Waals surface area contributed by atoms with Gasteiger partial charge < -0.3 is 0 Å². The van der Waals surface area contributed by atoms with Crippen LogP contribution in [0.2, 0.25) is 5.02 Å². The van der Waals surface area contributed by atoms with Crippen molar-refractivity contribution in [1.29, 1.82) is 0 Å². The number of rotatable bonds is 5. The molecule has 3 aromatic rings. The average molecular weight is 373 g/mol. The summed E-state index contributed by atoms with van der Waals surface area (Å²) < 4.78 is 0. The molecule has 1 heteroatoms. The monoisotopic (exact) mass is 372 g/mol. The highest BCUT2D eigenvalue weighted by Gasteiger charge is 2.32. The topological polar surface area (TPSA) is 0 Å². The molecule has 0 amide bonds. The fraction of sp³-hybridized carbons (Fsp3) is 0.231. The third kappa shape index (κ3) is 4.26. The Morgan fingerprint density at radius 3 is 2.07 bits per heavy atom. The Bertz CT molecular complexity index is 929. The predicted octanol–water partition coefficient (Wildman–Crippen LogP) is 7.04. The van der Waals surface area contributed by atoms with Crippen LogP contribution in [0, 0.1) is 11.8 Å². The minimum absolute atomic E-state index is 0.305. The van der Waals surface area contributed by atoms with Crippen molar-refractivity contribution in [2.75, 3.05) is 0 Å². The third-order valence-corrected chi connectivity index (χ3v) is 5.46. The molecule has 0 N–H and O–H groups in total. The van der Waals surface area contributed by atoms with E-state index < -0.39 is 0 Å². The number of hydrogen-bond donors (Lipinski definition) is 0. The molecule has 136 valence electrons. The van der Waals surface area contributed by atoms with Crippen LogP contribution in [0.15, 0.2) is 78.9 Å². The zero-order chi connectivity index (χ0) is 19.1. The maximum atomic E-state index is 6.62. The van der Waals surface area contributed by atoms with Crippen molar-refractivity contribution in [2.24, 2.45) is 0 Å². The summed E-state index contributed by atoms with van der Waals surface area (Å²) in [6, 6.07) is 27.6. The highest BCUT2D eigenvalue weighted by Crippen LogP contribution is 2.41. The van der Waals surface area contributed by atoms with E-state index in [9.17, 15) is 0 Å². The second-order valence-corrected chi connectivity index (χ2v) is 7.28. The first kappa shape index (κ1) is 19.3. The van der Waals surface area contributed by atoms with Gasteiger partial charge in [-0.25, -0.2) is 0 Å². The first-order valence-electron chi connectivity index (χ1n) is 9.52. The number of aryl methyl sites for hydroxylation is 1. The lowest BCUT2D eigenvalue weighted by Gasteiger charge is -2.32. The van der Waals surface area contributed by atoms with Crippen molar-refractivity contribution in [2.45, 2.75) is 38.5 Å². The van der Waals surface area contributed by atoms with Gasteiger partial charge in [-0.15, -0.1) is 11.8 Å². The molecule has 0 aliphatic heterocycles. The largest absolute Gasteiger partial charge is 0.104 e. The lowest BCUT2D eigenvalue weighted by Crippen LogP contribution is -2.25. The Balaban J connectivity index is 2.01. The molecule has 1 atom stereocenters. The van der Waals surface area contributed by atoms with Gasteiger partial charge in [0.25, 0.3) is 0 Å². The highest BCUT2D eigenvalue weighted by atomic mass is 35.5. The highest BCUT2D eigenvalue weighted by molar-refractivity contribution is 6.31. The van der Waals surface area contributed by atoms with E-state index in [1.165, 1.54) is 16.7 Å². The molecule has 0 fully saturated rings. The Hall–Kier alpha value is -2.49. The summed E-state index contributed by atoms with van der Waals surface area (Å²) in [4.78, 5) is 0. The molecule has 3 rings (SSSR count). The molecule has 0 aliphatic carbocycles. The smallest absolute Gasteiger partial charge is 0.0450 e. The van der Waals surface area contributed by atoms with Crippen LogP contribution in [0.25, 0.3) is 0 Å². The standard InChI is InChI=1S/C26H25Cl/c1-3-4-5-7-12-21-17-19-23(20-18-21)26(2,22-13-8-6-9-14-22)24-15-10-11-16-25(24)27/h6,8-11,13-20H,3,7,12H2,1-2H3. The Morgan fingerprint density at radius 2 is 1.41 bits per heavy atom. The molecular formula is C26H25Cl. The molecule has 0 radical (unpaired) electrons. The summed E-state index contributed by atoms with van der Waals surface area (Å²) in [7, 11) is 0. The van der Waals surface area contributed by atoms with Gasteiger partial charge in [0.2, 0.25) is 0 Å². The molecule has 0 bridgehead atoms. The Kier molecular flexibility index (Phi) is 6.38. The van der Waals surface area contributed by atoms with Crippen LogP contribution in [0.4, 0.5) is 0 Å². The van der Waals surface area contributed by atoms with Gasteiger partial charge in [-0.05, 0) is 41.7 Å². The van der Waals surface area contributed by atoms with Gasteiger partial charge in [0.1, 0.15) is 0 Å². The first-order valence-corrected chi connectivity index (χ1v) is 9.89. The lowest BCUT2D eigenvalue weighted by atomic mass is 9.71. The molecule has 0 nitrogen and oxygen atoms in total. The molecule has 0 saturated heterocycles. The molecular weight excluding hydrogens is 348 g/mol. The van der Waals surface area contributed by atoms with Gasteiger partial charge in [0, 0.05) is 23.3 Å². The van der Waals surface area contributed by atoms with E-state index in [1.807, 2.05) is 12.1 Å². The van der Waals surface area contributed by atoms with Gasteiger partial charge >= 0.3 is 0 Å². The van der Waals surface area contributed by atoms with Crippen molar-refractivity contribution in [3.8, 4) is 11.8 Å². The predicted molar refractivity (Wildman–Crippen MR) is 116 cm³/mol. The molecule has 27 heavy (non-hydrogen) atoms. The fourth-order valence-corrected chi connectivity index (χ4v) is 3.87. The Labute approximate surface area is 168 Å². The molecule has 3 aromatic carbocycles. The molecule has 0 saturated carbocycles. The second kappa shape index (κ2) is 8.94. The second-order valence-electron chi connectivity index (χ2n) is 6.87. The first-order chi connectivity index (χ1) is 13.2. The molecule has 1 unspecified atom stereocenters. The lowest BCUT2D eigenvalue weighted by molar-refractivity contribution is 0.692. The van der Waals surface area contributed by atoms with E-state index in [0.717, 1.165) is 29.8 Å². The van der Waals surface area contributed by atoms with E-state index >= 15 is 0 Å². The summed E-state index contributed by atoms with van der Waals surface area (Å²) in [5, 5.41) is 0.794. The summed E-state index contributed by atoms with van der Waals surface area (Å²) >= 11 is 6.62. The molecule has 0 aliphatic rings. The van der Waals surface area contributed by atoms with Gasteiger partial charge in [0.05, 0.1) is 0 Å². The van der Waals surface area contributed by atoms with Gasteiger partial charge in [0.15, 0.2) is 0 Å². The molecule has 0 spiro atoms. The minimum Gasteiger partial charge on any atom is -0.104 e. The van der Waals surface area contributed by atoms with Crippen molar-refractivity contribution >= 4 is 11.6 Å². The summed E-state index contributed by atoms with van der Waals surface area (Å²) in [6.45, 7) is 4.34. The van der Waals surface area contributed by atoms with Crippen LogP contribution in [0.5, 0.6) is 0 Å². The van der Waals surface area contributed by atoms with Gasteiger partial charge in [-0.2, -0.15) is 0 Å². The van der Waals surface area contributed by atoms with Crippen LogP contribution in [0.3, 0.4) is 0 Å². The van der Waals surface area contributed by atoms with Crippen molar-refractivity contribution in [3.63, 3.8) is 0 Å². The summed E-state index contributed by atoms with van der Waals surface area (Å²) in [5.41, 5.74) is 4.61. The maximum Gasteiger partial charge on any atom is 0.0450 e. The third-order valence-electron chi connectivity index (χ3n) is 5.14. The van der Waals surface area contributed by atoms with Crippen molar-refractivity contribution < 1.29 is 0 Å². The zero-order valence-corrected chi connectivity index (χ0v) is 16.8. The van der Waals surface area contributed by atoms with Gasteiger partial charge in [-0.3, -0.25) is 0 Å². The van der Waals surface area contributed by atoms with Gasteiger partial charge in [-0.1, -0.05) is 91.3 Å². The summed E-state index contributed by atoms with van der Waals surface area (Å²) in [5.74, 6) is 6.36. The van der Waals surface area contributed by atoms with Crippen LogP contribution >= 0.6 is 11.6 Å². The number of hydrogen-bond acceptors (Lipinski definition) is 0. The number of benzene rings is 3. The zero-order valence-electron chi connectivity index (χ0n) is 16.0. The van der Waals surface area contributed by atoms with E-state index in [1.54, 1.807) is 0 Å². The number of halogens is 1. The Morgan fingerprint density at radius 1 is 0.778 bits per heavy atom. The van der Waals surface area contributed by atoms with E-state index in [-0.39, 0.29) is 5.41 Å². The quantitative estimate of drug-likeness (QED) is 0.332. The van der Waals surface area contributed by atoms with E-state index in [2.05, 4.69) is 92.4 Å². The van der Waals surface area contributed by atoms with Crippen LogP contribution in [-0.4, -0.2) is 0 Å². The normalized spacial score (nSPS) is 12.7. The van der Waals surface area contributed by atoms with E-state index in [0.29, 0.717) is 0 Å². The van der Waals surface area contributed by atoms with Crippen LogP contribution in [0.1, 0.15) is 48.9 Å². The molecule has 0 aromatic heterocycles. The van der Waals surface area contributed by atoms with Crippen LogP contribution in [-0.2, 0) is 11.8 Å². The average Bonchev–Trinajstić information content (AvgIpc) is 2.72. The van der Waals surface area contributed by atoms with Crippen molar-refractivity contribution in [1.82, 2.24) is 0 Å². The van der Waals surface area contributed by atoms with E-state index in [4.69, 9.17) is 11.6 Å². The maximum absolute atomic E-state index is 6.62. The molecule has 0 heterocycles. The SMILES string of the molecule is CCC#CCCc1ccc(C(C)(c2ccccc2)c2ccccc2Cl)cc1.